The lowest BCUT2D eigenvalue weighted by atomic mass is 10.2. The van der Waals surface area contributed by atoms with Gasteiger partial charge >= 0.3 is 18.0 Å². The lowest BCUT2D eigenvalue weighted by Crippen LogP contribution is -2.47. The minimum atomic E-state index is -0.973. The van der Waals surface area contributed by atoms with E-state index < -0.39 is 24.0 Å². The Morgan fingerprint density at radius 1 is 1.44 bits per heavy atom. The molecule has 1 saturated heterocycles. The molecule has 102 valence electrons. The molecule has 0 aromatic carbocycles. The van der Waals surface area contributed by atoms with E-state index in [1.54, 1.807) is 6.92 Å². The van der Waals surface area contributed by atoms with Crippen molar-refractivity contribution in [2.75, 3.05) is 19.7 Å². The minimum absolute atomic E-state index is 0.0558. The summed E-state index contributed by atoms with van der Waals surface area (Å²) in [5.74, 6) is -1.37. The first-order valence-corrected chi connectivity index (χ1v) is 5.99. The van der Waals surface area contributed by atoms with Crippen LogP contribution in [0.3, 0.4) is 0 Å². The number of rotatable bonds is 5. The highest BCUT2D eigenvalue weighted by atomic mass is 16.5. The molecule has 1 fully saturated rings. The molecule has 2 N–H and O–H groups in total. The molecule has 0 aromatic heterocycles. The fourth-order valence-corrected chi connectivity index (χ4v) is 1.87. The number of carbonyl (C=O) groups is 3. The van der Waals surface area contributed by atoms with Crippen LogP contribution in [0.15, 0.2) is 0 Å². The largest absolute Gasteiger partial charge is 0.481 e. The number of carboxylic acids is 1. The van der Waals surface area contributed by atoms with E-state index in [4.69, 9.17) is 9.84 Å². The molecule has 1 atom stereocenters. The summed E-state index contributed by atoms with van der Waals surface area (Å²) in [5, 5.41) is 10.9. The smallest absolute Gasteiger partial charge is 0.328 e. The average molecular weight is 258 g/mol. The van der Waals surface area contributed by atoms with E-state index in [2.05, 4.69) is 5.32 Å². The molecule has 1 aliphatic heterocycles. The lowest BCUT2D eigenvalue weighted by molar-refractivity contribution is -0.147. The number of aliphatic carboxylic acids is 1. The molecule has 7 nitrogen and oxygen atoms in total. The quantitative estimate of drug-likeness (QED) is 0.687. The number of amides is 2. The van der Waals surface area contributed by atoms with E-state index in [1.807, 2.05) is 0 Å². The molecule has 18 heavy (non-hydrogen) atoms. The van der Waals surface area contributed by atoms with Gasteiger partial charge < -0.3 is 20.1 Å². The van der Waals surface area contributed by atoms with Gasteiger partial charge in [0, 0.05) is 13.1 Å². The molecule has 0 spiro atoms. The van der Waals surface area contributed by atoms with E-state index in [0.29, 0.717) is 13.0 Å². The molecule has 0 bridgehead atoms. The predicted octanol–water partition coefficient (Wildman–Crippen LogP) is 0.198. The first-order valence-electron chi connectivity index (χ1n) is 5.99. The highest BCUT2D eigenvalue weighted by Gasteiger charge is 2.34. The number of nitrogens with zero attached hydrogens (tertiary/aromatic N) is 1. The number of likely N-dealkylation sites (tertiary alicyclic amines) is 1. The summed E-state index contributed by atoms with van der Waals surface area (Å²) in [6, 6.07) is -0.957. The fraction of sp³-hybridized carbons (Fsp3) is 0.727. The fourth-order valence-electron chi connectivity index (χ4n) is 1.87. The second kappa shape index (κ2) is 6.83. The minimum Gasteiger partial charge on any atom is -0.481 e. The van der Waals surface area contributed by atoms with Gasteiger partial charge in [-0.15, -0.1) is 0 Å². The first kappa shape index (κ1) is 14.3. The molecule has 1 rings (SSSR count). The number of esters is 1. The van der Waals surface area contributed by atoms with Gasteiger partial charge in [-0.25, -0.2) is 9.59 Å². The van der Waals surface area contributed by atoms with E-state index in [-0.39, 0.29) is 19.6 Å². The zero-order valence-electron chi connectivity index (χ0n) is 10.3. The van der Waals surface area contributed by atoms with Gasteiger partial charge in [0.25, 0.3) is 0 Å². The van der Waals surface area contributed by atoms with Crippen LogP contribution in [0, 0.1) is 0 Å². The predicted molar refractivity (Wildman–Crippen MR) is 62.0 cm³/mol. The summed E-state index contributed by atoms with van der Waals surface area (Å²) >= 11 is 0. The Balaban J connectivity index is 2.45. The summed E-state index contributed by atoms with van der Waals surface area (Å²) in [4.78, 5) is 35.1. The van der Waals surface area contributed by atoms with Crippen LogP contribution in [0.1, 0.15) is 26.2 Å². The van der Waals surface area contributed by atoms with Crippen molar-refractivity contribution in [1.29, 1.82) is 0 Å². The van der Waals surface area contributed by atoms with Crippen LogP contribution < -0.4 is 5.32 Å². The molecular formula is C11H18N2O5. The summed E-state index contributed by atoms with van der Waals surface area (Å²) < 4.78 is 4.89. The Bertz CT molecular complexity index is 331. The Hall–Kier alpha value is -1.79. The molecule has 1 heterocycles. The first-order chi connectivity index (χ1) is 8.56. The molecule has 2 amide bonds. The van der Waals surface area contributed by atoms with Gasteiger partial charge in [-0.1, -0.05) is 0 Å². The summed E-state index contributed by atoms with van der Waals surface area (Å²) in [6.45, 7) is 2.54. The molecule has 1 unspecified atom stereocenters. The second-order valence-corrected chi connectivity index (χ2v) is 3.98. The van der Waals surface area contributed by atoms with Crippen LogP contribution in [-0.2, 0) is 14.3 Å². The highest BCUT2D eigenvalue weighted by molar-refractivity contribution is 5.84. The van der Waals surface area contributed by atoms with Crippen molar-refractivity contribution in [2.24, 2.45) is 0 Å². The van der Waals surface area contributed by atoms with Crippen LogP contribution in [0.4, 0.5) is 4.79 Å². The highest BCUT2D eigenvalue weighted by Crippen LogP contribution is 2.18. The van der Waals surface area contributed by atoms with Crippen LogP contribution in [0.25, 0.3) is 0 Å². The maximum atomic E-state index is 11.8. The van der Waals surface area contributed by atoms with Crippen LogP contribution in [0.2, 0.25) is 0 Å². The molecular weight excluding hydrogens is 240 g/mol. The third-order valence-electron chi connectivity index (χ3n) is 2.69. The van der Waals surface area contributed by atoms with Gasteiger partial charge in [-0.3, -0.25) is 4.79 Å². The van der Waals surface area contributed by atoms with Crippen molar-refractivity contribution < 1.29 is 24.2 Å². The van der Waals surface area contributed by atoms with E-state index in [9.17, 15) is 14.4 Å². The topological polar surface area (TPSA) is 95.9 Å². The van der Waals surface area contributed by atoms with Crippen LogP contribution in [-0.4, -0.2) is 53.7 Å². The van der Waals surface area contributed by atoms with E-state index in [1.165, 1.54) is 4.90 Å². The van der Waals surface area contributed by atoms with Crippen molar-refractivity contribution in [1.82, 2.24) is 10.2 Å². The van der Waals surface area contributed by atoms with Gasteiger partial charge in [0.2, 0.25) is 0 Å². The Labute approximate surface area is 105 Å². The van der Waals surface area contributed by atoms with Gasteiger partial charge in [0.1, 0.15) is 6.04 Å². The van der Waals surface area contributed by atoms with Crippen molar-refractivity contribution in [3.05, 3.63) is 0 Å². The standard InChI is InChI=1S/C11H18N2O5/c1-2-18-10(16)8-4-3-7-13(8)11(17)12-6-5-9(14)15/h8H,2-7H2,1H3,(H,12,17)(H,14,15). The third kappa shape index (κ3) is 3.90. The van der Waals surface area contributed by atoms with E-state index in [0.717, 1.165) is 6.42 Å². The lowest BCUT2D eigenvalue weighted by Gasteiger charge is -2.23. The second-order valence-electron chi connectivity index (χ2n) is 3.98. The third-order valence-corrected chi connectivity index (χ3v) is 2.69. The van der Waals surface area contributed by atoms with Crippen LogP contribution in [0.5, 0.6) is 0 Å². The van der Waals surface area contributed by atoms with E-state index >= 15 is 0 Å². The number of urea groups is 1. The average Bonchev–Trinajstić information content (AvgIpc) is 2.77. The van der Waals surface area contributed by atoms with Gasteiger partial charge in [0.05, 0.1) is 13.0 Å². The van der Waals surface area contributed by atoms with Crippen LogP contribution >= 0.6 is 0 Å². The van der Waals surface area contributed by atoms with Gasteiger partial charge in [-0.05, 0) is 19.8 Å². The number of hydrogen-bond acceptors (Lipinski definition) is 4. The molecule has 0 radical (unpaired) electrons. The molecule has 1 aliphatic rings. The molecule has 0 aliphatic carbocycles. The summed E-state index contributed by atoms with van der Waals surface area (Å²) in [5.41, 5.74) is 0. The maximum Gasteiger partial charge on any atom is 0.328 e. The Morgan fingerprint density at radius 2 is 2.17 bits per heavy atom. The van der Waals surface area contributed by atoms with Crippen molar-refractivity contribution >= 4 is 18.0 Å². The molecule has 7 heteroatoms. The van der Waals surface area contributed by atoms with Crippen molar-refractivity contribution in [3.63, 3.8) is 0 Å². The van der Waals surface area contributed by atoms with Gasteiger partial charge in [0.15, 0.2) is 0 Å². The number of carboxylic acid groups (broad SMARTS) is 1. The monoisotopic (exact) mass is 258 g/mol. The summed E-state index contributed by atoms with van der Waals surface area (Å²) in [6.07, 6.45) is 1.20. The molecule has 0 aromatic rings. The van der Waals surface area contributed by atoms with Gasteiger partial charge in [-0.2, -0.15) is 0 Å². The Morgan fingerprint density at radius 3 is 2.78 bits per heavy atom. The maximum absolute atomic E-state index is 11.8. The van der Waals surface area contributed by atoms with Crippen molar-refractivity contribution in [3.8, 4) is 0 Å². The van der Waals surface area contributed by atoms with Crippen molar-refractivity contribution in [2.45, 2.75) is 32.2 Å². The zero-order valence-corrected chi connectivity index (χ0v) is 10.3. The Kier molecular flexibility index (Phi) is 5.41. The zero-order chi connectivity index (χ0) is 13.5. The molecule has 0 saturated carbocycles. The number of ether oxygens (including phenoxy) is 1. The number of hydrogen-bond donors (Lipinski definition) is 2. The number of carbonyl (C=O) groups excluding carboxylic acids is 2. The SMILES string of the molecule is CCOC(=O)C1CCCN1C(=O)NCCC(=O)O. The normalized spacial score (nSPS) is 18.5. The number of nitrogens with one attached hydrogen (secondary N) is 1. The summed E-state index contributed by atoms with van der Waals surface area (Å²) in [7, 11) is 0.